The summed E-state index contributed by atoms with van der Waals surface area (Å²) < 4.78 is 25.6. The van der Waals surface area contributed by atoms with Gasteiger partial charge in [-0.25, -0.2) is 14.2 Å². The molecular formula is C22H22FN3O5. The predicted molar refractivity (Wildman–Crippen MR) is 111 cm³/mol. The van der Waals surface area contributed by atoms with Gasteiger partial charge in [-0.2, -0.15) is 0 Å². The Balaban J connectivity index is 1.48. The zero-order chi connectivity index (χ0) is 22.0. The van der Waals surface area contributed by atoms with Crippen LogP contribution in [0.5, 0.6) is 0 Å². The van der Waals surface area contributed by atoms with Crippen LogP contribution in [0.3, 0.4) is 0 Å². The standard InChI is InChI=1S/C22H22FN3O5/c23-19-9-16(26-10-17(31-22(26)29)6-8-20(24)28)5-7-18(19)13-1-3-14(4-2-13)21-25-15(11-27)12-30-21/h1-5,7,9,15,17,27H,6,8,10-12H2,(H2,24,28). The Hall–Kier alpha value is -3.46. The van der Waals surface area contributed by atoms with Crippen molar-refractivity contribution >= 4 is 23.6 Å². The van der Waals surface area contributed by atoms with Crippen molar-refractivity contribution in [2.45, 2.75) is 25.0 Å². The van der Waals surface area contributed by atoms with Crippen LogP contribution in [0.2, 0.25) is 0 Å². The molecule has 2 heterocycles. The van der Waals surface area contributed by atoms with Crippen molar-refractivity contribution in [3.8, 4) is 11.1 Å². The van der Waals surface area contributed by atoms with Crippen LogP contribution >= 0.6 is 0 Å². The van der Waals surface area contributed by atoms with Crippen LogP contribution in [-0.2, 0) is 14.3 Å². The molecule has 2 aliphatic rings. The second kappa shape index (κ2) is 8.73. The van der Waals surface area contributed by atoms with Crippen LogP contribution in [0, 0.1) is 5.82 Å². The summed E-state index contributed by atoms with van der Waals surface area (Å²) in [5.41, 5.74) is 7.31. The Morgan fingerprint density at radius 2 is 1.97 bits per heavy atom. The van der Waals surface area contributed by atoms with Crippen molar-refractivity contribution in [2.75, 3.05) is 24.7 Å². The number of halogens is 1. The van der Waals surface area contributed by atoms with Crippen LogP contribution in [0.1, 0.15) is 18.4 Å². The van der Waals surface area contributed by atoms with Gasteiger partial charge in [0.25, 0.3) is 0 Å². The molecule has 0 saturated carbocycles. The molecule has 2 aromatic rings. The maximum Gasteiger partial charge on any atom is 0.414 e. The average Bonchev–Trinajstić information content (AvgIpc) is 3.39. The monoisotopic (exact) mass is 427 g/mol. The molecule has 2 amide bonds. The number of aliphatic hydroxyl groups excluding tert-OH is 1. The molecule has 0 bridgehead atoms. The third-order valence-electron chi connectivity index (χ3n) is 5.22. The number of hydrogen-bond donors (Lipinski definition) is 2. The molecule has 4 rings (SSSR count). The highest BCUT2D eigenvalue weighted by Gasteiger charge is 2.32. The van der Waals surface area contributed by atoms with Gasteiger partial charge in [-0.1, -0.05) is 12.1 Å². The van der Waals surface area contributed by atoms with E-state index < -0.39 is 23.9 Å². The number of nitrogens with zero attached hydrogens (tertiary/aromatic N) is 2. The Morgan fingerprint density at radius 1 is 1.23 bits per heavy atom. The van der Waals surface area contributed by atoms with Gasteiger partial charge < -0.3 is 20.3 Å². The third kappa shape index (κ3) is 4.51. The molecule has 2 aromatic carbocycles. The average molecular weight is 427 g/mol. The third-order valence-corrected chi connectivity index (χ3v) is 5.22. The highest BCUT2D eigenvalue weighted by molar-refractivity contribution is 5.95. The number of aliphatic imine (C=N–C) groups is 1. The van der Waals surface area contributed by atoms with Gasteiger partial charge in [-0.05, 0) is 42.3 Å². The normalized spacial score (nSPS) is 20.4. The van der Waals surface area contributed by atoms with Gasteiger partial charge in [0.05, 0.1) is 18.8 Å². The largest absolute Gasteiger partial charge is 0.475 e. The Labute approximate surface area is 178 Å². The zero-order valence-electron chi connectivity index (χ0n) is 16.7. The number of carbonyl (C=O) groups excluding carboxylic acids is 2. The van der Waals surface area contributed by atoms with E-state index in [1.54, 1.807) is 36.4 Å². The lowest BCUT2D eigenvalue weighted by molar-refractivity contribution is -0.118. The molecule has 8 nitrogen and oxygen atoms in total. The minimum Gasteiger partial charge on any atom is -0.475 e. The van der Waals surface area contributed by atoms with Crippen molar-refractivity contribution in [3.05, 3.63) is 53.8 Å². The first-order chi connectivity index (χ1) is 14.9. The molecule has 31 heavy (non-hydrogen) atoms. The summed E-state index contributed by atoms with van der Waals surface area (Å²) in [6.45, 7) is 0.498. The number of carbonyl (C=O) groups is 2. The van der Waals surface area contributed by atoms with E-state index in [1.165, 1.54) is 11.0 Å². The van der Waals surface area contributed by atoms with Crippen LogP contribution < -0.4 is 10.6 Å². The van der Waals surface area contributed by atoms with Gasteiger partial charge in [0.1, 0.15) is 24.6 Å². The number of rotatable bonds is 7. The molecule has 1 fully saturated rings. The predicted octanol–water partition coefficient (Wildman–Crippen LogP) is 2.22. The molecule has 0 aliphatic carbocycles. The summed E-state index contributed by atoms with van der Waals surface area (Å²) in [7, 11) is 0. The minimum absolute atomic E-state index is 0.0738. The smallest absolute Gasteiger partial charge is 0.414 e. The first-order valence-electron chi connectivity index (χ1n) is 9.93. The number of ether oxygens (including phenoxy) is 2. The second-order valence-corrected chi connectivity index (χ2v) is 7.44. The van der Waals surface area contributed by atoms with E-state index in [-0.39, 0.29) is 25.6 Å². The Kier molecular flexibility index (Phi) is 5.85. The molecule has 2 atom stereocenters. The quantitative estimate of drug-likeness (QED) is 0.703. The molecular weight excluding hydrogens is 405 g/mol. The summed E-state index contributed by atoms with van der Waals surface area (Å²) in [5, 5.41) is 9.15. The van der Waals surface area contributed by atoms with E-state index >= 15 is 0 Å². The van der Waals surface area contributed by atoms with Gasteiger partial charge in [-0.3, -0.25) is 9.69 Å². The maximum absolute atomic E-state index is 14.8. The second-order valence-electron chi connectivity index (χ2n) is 7.44. The summed E-state index contributed by atoms with van der Waals surface area (Å²) in [4.78, 5) is 28.7. The highest BCUT2D eigenvalue weighted by atomic mass is 19.1. The van der Waals surface area contributed by atoms with Crippen molar-refractivity contribution in [1.29, 1.82) is 0 Å². The van der Waals surface area contributed by atoms with Gasteiger partial charge >= 0.3 is 6.09 Å². The van der Waals surface area contributed by atoms with Crippen molar-refractivity contribution in [2.24, 2.45) is 10.7 Å². The summed E-state index contributed by atoms with van der Waals surface area (Å²) >= 11 is 0. The van der Waals surface area contributed by atoms with E-state index in [9.17, 15) is 14.0 Å². The number of aliphatic hydroxyl groups is 1. The van der Waals surface area contributed by atoms with Crippen LogP contribution in [0.15, 0.2) is 47.5 Å². The number of primary amides is 1. The molecule has 0 aromatic heterocycles. The lowest BCUT2D eigenvalue weighted by atomic mass is 10.0. The van der Waals surface area contributed by atoms with Crippen molar-refractivity contribution in [3.63, 3.8) is 0 Å². The zero-order valence-corrected chi connectivity index (χ0v) is 16.7. The Morgan fingerprint density at radius 3 is 2.61 bits per heavy atom. The van der Waals surface area contributed by atoms with Crippen molar-refractivity contribution < 1.29 is 28.6 Å². The number of amides is 2. The van der Waals surface area contributed by atoms with E-state index in [1.807, 2.05) is 0 Å². The van der Waals surface area contributed by atoms with E-state index in [0.29, 0.717) is 35.7 Å². The number of nitrogens with two attached hydrogens (primary N) is 1. The van der Waals surface area contributed by atoms with Gasteiger partial charge in [-0.15, -0.1) is 0 Å². The molecule has 0 spiro atoms. The molecule has 0 radical (unpaired) electrons. The van der Waals surface area contributed by atoms with Gasteiger partial charge in [0, 0.05) is 17.5 Å². The highest BCUT2D eigenvalue weighted by Crippen LogP contribution is 2.30. The molecule has 2 unspecified atom stereocenters. The molecule has 2 aliphatic heterocycles. The molecule has 9 heteroatoms. The number of anilines is 1. The summed E-state index contributed by atoms with van der Waals surface area (Å²) in [5.74, 6) is -0.482. The molecule has 1 saturated heterocycles. The molecule has 162 valence electrons. The number of hydrogen-bond acceptors (Lipinski definition) is 6. The summed E-state index contributed by atoms with van der Waals surface area (Å²) in [6.07, 6.45) is -0.586. The lowest BCUT2D eigenvalue weighted by Gasteiger charge is -2.14. The maximum atomic E-state index is 14.8. The van der Waals surface area contributed by atoms with E-state index in [4.69, 9.17) is 20.3 Å². The van der Waals surface area contributed by atoms with Gasteiger partial charge in [0.15, 0.2) is 0 Å². The first-order valence-corrected chi connectivity index (χ1v) is 9.93. The lowest BCUT2D eigenvalue weighted by Crippen LogP contribution is -2.25. The number of cyclic esters (lactones) is 1. The topological polar surface area (TPSA) is 114 Å². The summed E-state index contributed by atoms with van der Waals surface area (Å²) in [6, 6.07) is 11.4. The Bertz CT molecular complexity index is 1020. The van der Waals surface area contributed by atoms with Gasteiger partial charge in [0.2, 0.25) is 11.8 Å². The number of benzene rings is 2. The van der Waals surface area contributed by atoms with Crippen LogP contribution in [-0.4, -0.2) is 54.9 Å². The van der Waals surface area contributed by atoms with Crippen molar-refractivity contribution in [1.82, 2.24) is 0 Å². The molecule has 3 N–H and O–H groups in total. The fourth-order valence-electron chi connectivity index (χ4n) is 3.55. The van der Waals surface area contributed by atoms with Crippen LogP contribution in [0.25, 0.3) is 11.1 Å². The SMILES string of the molecule is NC(=O)CCC1CN(c2ccc(-c3ccc(C4=NC(CO)CO4)cc3)c(F)c2)C(=O)O1. The van der Waals surface area contributed by atoms with E-state index in [0.717, 1.165) is 5.56 Å². The fraction of sp³-hybridized carbons (Fsp3) is 0.318. The van der Waals surface area contributed by atoms with Crippen LogP contribution in [0.4, 0.5) is 14.9 Å². The first kappa shape index (κ1) is 20.8. The van der Waals surface area contributed by atoms with E-state index in [2.05, 4.69) is 4.99 Å². The minimum atomic E-state index is -0.579. The fourth-order valence-corrected chi connectivity index (χ4v) is 3.55.